The molecule has 3 N–H and O–H groups in total. The predicted molar refractivity (Wildman–Crippen MR) is 98.6 cm³/mol. The molecular weight excluding hydrogens is 336 g/mol. The van der Waals surface area contributed by atoms with Crippen LogP contribution in [0.3, 0.4) is 0 Å². The van der Waals surface area contributed by atoms with Gasteiger partial charge in [0.25, 0.3) is 0 Å². The average molecular weight is 355 g/mol. The first kappa shape index (κ1) is 17.8. The van der Waals surface area contributed by atoms with Gasteiger partial charge in [-0.2, -0.15) is 0 Å². The quantitative estimate of drug-likeness (QED) is 0.721. The minimum absolute atomic E-state index is 0.132. The van der Waals surface area contributed by atoms with Crippen LogP contribution in [0.15, 0.2) is 48.5 Å². The second kappa shape index (κ2) is 7.47. The number of hydrogen-bond donors (Lipinski definition) is 3. The molecule has 0 aromatic heterocycles. The van der Waals surface area contributed by atoms with Gasteiger partial charge in [0.2, 0.25) is 5.91 Å². The number of rotatable bonds is 4. The standard InChI is InChI=1S/C18H19BFN3O3/c1-26-13-8-2-10(3-9-13)14-15(17(24)23-16(14)19)22-18(25)21-12-6-4-11(20)5-7-12/h2-9,14-16H,19H2,1H3,(H,23,24)(H2,21,22,25)/t14-,15-,16?/m1/s1. The summed E-state index contributed by atoms with van der Waals surface area (Å²) in [6.45, 7) is 0. The van der Waals surface area contributed by atoms with E-state index in [9.17, 15) is 14.0 Å². The van der Waals surface area contributed by atoms with E-state index in [-0.39, 0.29) is 23.6 Å². The first-order chi connectivity index (χ1) is 12.5. The number of halogens is 1. The molecule has 2 aromatic rings. The van der Waals surface area contributed by atoms with Gasteiger partial charge in [-0.05, 0) is 42.0 Å². The van der Waals surface area contributed by atoms with Crippen LogP contribution in [0, 0.1) is 5.82 Å². The Bertz CT molecular complexity index is 798. The zero-order valence-corrected chi connectivity index (χ0v) is 14.5. The highest BCUT2D eigenvalue weighted by Crippen LogP contribution is 2.29. The van der Waals surface area contributed by atoms with Gasteiger partial charge in [0.05, 0.1) is 7.11 Å². The van der Waals surface area contributed by atoms with Gasteiger partial charge in [-0.1, -0.05) is 12.1 Å². The van der Waals surface area contributed by atoms with E-state index in [2.05, 4.69) is 16.0 Å². The number of anilines is 1. The zero-order chi connectivity index (χ0) is 18.7. The summed E-state index contributed by atoms with van der Waals surface area (Å²) in [5.74, 6) is -0.260. The third kappa shape index (κ3) is 3.79. The molecular formula is C18H19BFN3O3. The van der Waals surface area contributed by atoms with Crippen LogP contribution in [-0.2, 0) is 4.79 Å². The van der Waals surface area contributed by atoms with Crippen LogP contribution in [-0.4, -0.2) is 38.9 Å². The average Bonchev–Trinajstić information content (AvgIpc) is 2.90. The Morgan fingerprint density at radius 2 is 1.81 bits per heavy atom. The number of ether oxygens (including phenoxy) is 1. The minimum Gasteiger partial charge on any atom is -0.497 e. The normalized spacial score (nSPS) is 21.8. The van der Waals surface area contributed by atoms with E-state index >= 15 is 0 Å². The second-order valence-electron chi connectivity index (χ2n) is 6.18. The Morgan fingerprint density at radius 3 is 2.42 bits per heavy atom. The molecule has 1 aliphatic heterocycles. The SMILES string of the molecule is BC1NC(=O)[C@H](NC(=O)Nc2ccc(F)cc2)[C@H]1c1ccc(OC)cc1. The summed E-state index contributed by atoms with van der Waals surface area (Å²) >= 11 is 0. The molecule has 1 unspecified atom stereocenters. The maximum absolute atomic E-state index is 12.9. The highest BCUT2D eigenvalue weighted by molar-refractivity contribution is 6.16. The van der Waals surface area contributed by atoms with E-state index in [1.807, 2.05) is 32.1 Å². The molecule has 3 amide bonds. The molecule has 8 heteroatoms. The van der Waals surface area contributed by atoms with Gasteiger partial charge < -0.3 is 20.7 Å². The molecule has 134 valence electrons. The first-order valence-electron chi connectivity index (χ1n) is 8.25. The fourth-order valence-corrected chi connectivity index (χ4v) is 3.16. The lowest BCUT2D eigenvalue weighted by Gasteiger charge is -2.22. The molecule has 3 rings (SSSR count). The molecule has 1 saturated heterocycles. The monoisotopic (exact) mass is 355 g/mol. The van der Waals surface area contributed by atoms with Crippen LogP contribution in [0.5, 0.6) is 5.75 Å². The molecule has 0 spiro atoms. The number of carbonyl (C=O) groups excluding carboxylic acids is 2. The second-order valence-corrected chi connectivity index (χ2v) is 6.18. The highest BCUT2D eigenvalue weighted by atomic mass is 19.1. The van der Waals surface area contributed by atoms with Crippen molar-refractivity contribution in [2.24, 2.45) is 0 Å². The molecule has 1 aliphatic rings. The summed E-state index contributed by atoms with van der Waals surface area (Å²) in [4.78, 5) is 24.6. The van der Waals surface area contributed by atoms with Crippen molar-refractivity contribution in [3.05, 3.63) is 59.9 Å². The summed E-state index contributed by atoms with van der Waals surface area (Å²) in [5, 5.41) is 8.18. The number of nitrogens with one attached hydrogen (secondary N) is 3. The van der Waals surface area contributed by atoms with Crippen LogP contribution in [0.4, 0.5) is 14.9 Å². The molecule has 1 heterocycles. The van der Waals surface area contributed by atoms with E-state index in [1.165, 1.54) is 24.3 Å². The van der Waals surface area contributed by atoms with Crippen molar-refractivity contribution in [3.63, 3.8) is 0 Å². The van der Waals surface area contributed by atoms with Crippen molar-refractivity contribution < 1.29 is 18.7 Å². The minimum atomic E-state index is -0.709. The van der Waals surface area contributed by atoms with E-state index in [0.717, 1.165) is 11.3 Å². The smallest absolute Gasteiger partial charge is 0.319 e. The van der Waals surface area contributed by atoms with Crippen LogP contribution in [0.1, 0.15) is 11.5 Å². The van der Waals surface area contributed by atoms with Gasteiger partial charge in [0.1, 0.15) is 25.5 Å². The maximum Gasteiger partial charge on any atom is 0.319 e. The number of methoxy groups -OCH3 is 1. The van der Waals surface area contributed by atoms with Crippen molar-refractivity contribution in [3.8, 4) is 5.75 Å². The molecule has 1 fully saturated rings. The summed E-state index contributed by atoms with van der Waals surface area (Å²) < 4.78 is 18.1. The van der Waals surface area contributed by atoms with Crippen molar-refractivity contribution in [1.29, 1.82) is 0 Å². The van der Waals surface area contributed by atoms with Crippen molar-refractivity contribution in [2.45, 2.75) is 17.9 Å². The van der Waals surface area contributed by atoms with E-state index in [0.29, 0.717) is 5.69 Å². The molecule has 0 bridgehead atoms. The van der Waals surface area contributed by atoms with Gasteiger partial charge in [0.15, 0.2) is 0 Å². The van der Waals surface area contributed by atoms with Gasteiger partial charge in [-0.25, -0.2) is 9.18 Å². The van der Waals surface area contributed by atoms with Gasteiger partial charge in [-0.15, -0.1) is 0 Å². The van der Waals surface area contributed by atoms with E-state index < -0.39 is 12.1 Å². The Labute approximate surface area is 151 Å². The molecule has 0 radical (unpaired) electrons. The third-order valence-electron chi connectivity index (χ3n) is 4.44. The van der Waals surface area contributed by atoms with Crippen LogP contribution < -0.4 is 20.7 Å². The lowest BCUT2D eigenvalue weighted by molar-refractivity contribution is -0.120. The van der Waals surface area contributed by atoms with E-state index in [1.54, 1.807) is 7.11 Å². The third-order valence-corrected chi connectivity index (χ3v) is 4.44. The van der Waals surface area contributed by atoms with Crippen LogP contribution in [0.25, 0.3) is 0 Å². The zero-order valence-electron chi connectivity index (χ0n) is 14.5. The molecule has 0 aliphatic carbocycles. The maximum atomic E-state index is 12.9. The van der Waals surface area contributed by atoms with Crippen molar-refractivity contribution in [1.82, 2.24) is 10.6 Å². The number of benzene rings is 2. The Balaban J connectivity index is 1.73. The molecule has 26 heavy (non-hydrogen) atoms. The number of urea groups is 1. The fourth-order valence-electron chi connectivity index (χ4n) is 3.16. The Kier molecular flexibility index (Phi) is 5.11. The Morgan fingerprint density at radius 1 is 1.15 bits per heavy atom. The summed E-state index contributed by atoms with van der Waals surface area (Å²) in [6, 6.07) is 11.6. The molecule has 0 saturated carbocycles. The largest absolute Gasteiger partial charge is 0.497 e. The number of amides is 3. The number of hydrogen-bond acceptors (Lipinski definition) is 3. The Hall–Kier alpha value is -3.03. The molecule has 3 atom stereocenters. The lowest BCUT2D eigenvalue weighted by Crippen LogP contribution is -2.44. The summed E-state index contributed by atoms with van der Waals surface area (Å²) in [5.41, 5.74) is 1.36. The number of carbonyl (C=O) groups is 2. The van der Waals surface area contributed by atoms with Crippen LogP contribution >= 0.6 is 0 Å². The highest BCUT2D eigenvalue weighted by Gasteiger charge is 2.41. The van der Waals surface area contributed by atoms with Crippen molar-refractivity contribution >= 4 is 25.5 Å². The molecule has 6 nitrogen and oxygen atoms in total. The van der Waals surface area contributed by atoms with Gasteiger partial charge in [0, 0.05) is 17.5 Å². The summed E-state index contributed by atoms with van der Waals surface area (Å²) in [7, 11) is 3.48. The molecule has 2 aromatic carbocycles. The van der Waals surface area contributed by atoms with Crippen molar-refractivity contribution in [2.75, 3.05) is 12.4 Å². The van der Waals surface area contributed by atoms with E-state index in [4.69, 9.17) is 4.74 Å². The topological polar surface area (TPSA) is 79.5 Å². The van der Waals surface area contributed by atoms with Crippen LogP contribution in [0.2, 0.25) is 0 Å². The lowest BCUT2D eigenvalue weighted by atomic mass is 9.79. The first-order valence-corrected chi connectivity index (χ1v) is 8.25. The predicted octanol–water partition coefficient (Wildman–Crippen LogP) is 1.20. The van der Waals surface area contributed by atoms with Gasteiger partial charge >= 0.3 is 6.03 Å². The summed E-state index contributed by atoms with van der Waals surface area (Å²) in [6.07, 6.45) is 0. The fraction of sp³-hybridized carbons (Fsp3) is 0.222. The van der Waals surface area contributed by atoms with Gasteiger partial charge in [-0.3, -0.25) is 4.79 Å².